The summed E-state index contributed by atoms with van der Waals surface area (Å²) in [5, 5.41) is 2.72. The van der Waals surface area contributed by atoms with E-state index in [-0.39, 0.29) is 18.5 Å². The van der Waals surface area contributed by atoms with Gasteiger partial charge in [0.25, 0.3) is 5.91 Å². The molecule has 6 nitrogen and oxygen atoms in total. The number of rotatable bonds is 5. The maximum Gasteiger partial charge on any atom is 0.306 e. The van der Waals surface area contributed by atoms with Gasteiger partial charge < -0.3 is 19.5 Å². The lowest BCUT2D eigenvalue weighted by atomic mass is 9.86. The highest BCUT2D eigenvalue weighted by atomic mass is 16.6. The summed E-state index contributed by atoms with van der Waals surface area (Å²) >= 11 is 0. The first-order valence-corrected chi connectivity index (χ1v) is 9.02. The minimum absolute atomic E-state index is 0.256. The second kappa shape index (κ2) is 6.94. The molecule has 2 bridgehead atoms. The van der Waals surface area contributed by atoms with Crippen molar-refractivity contribution in [2.75, 3.05) is 25.1 Å². The Hall–Kier alpha value is -2.24. The highest BCUT2D eigenvalue weighted by Crippen LogP contribution is 2.49. The molecule has 1 amide bonds. The van der Waals surface area contributed by atoms with Crippen LogP contribution in [-0.2, 0) is 14.3 Å². The van der Waals surface area contributed by atoms with E-state index >= 15 is 0 Å². The summed E-state index contributed by atoms with van der Waals surface area (Å²) in [6.45, 7) is 0.760. The number of amides is 1. The van der Waals surface area contributed by atoms with Crippen LogP contribution in [0.5, 0.6) is 11.5 Å². The lowest BCUT2D eigenvalue weighted by Crippen LogP contribution is -2.23. The van der Waals surface area contributed by atoms with Crippen LogP contribution in [0.1, 0.15) is 32.1 Å². The second-order valence-corrected chi connectivity index (χ2v) is 7.21. The fourth-order valence-corrected chi connectivity index (χ4v) is 4.36. The molecular formula is C19H23NO5. The summed E-state index contributed by atoms with van der Waals surface area (Å²) in [5.41, 5.74) is 0.596. The number of hydrogen-bond donors (Lipinski definition) is 1. The van der Waals surface area contributed by atoms with Crippen molar-refractivity contribution < 1.29 is 23.8 Å². The van der Waals surface area contributed by atoms with E-state index in [2.05, 4.69) is 5.32 Å². The molecule has 1 heterocycles. The molecule has 2 saturated carbocycles. The molecule has 0 unspecified atom stereocenters. The van der Waals surface area contributed by atoms with E-state index in [0.29, 0.717) is 48.7 Å². The van der Waals surface area contributed by atoms with Gasteiger partial charge in [-0.25, -0.2) is 0 Å². The lowest BCUT2D eigenvalue weighted by Gasteiger charge is -2.20. The van der Waals surface area contributed by atoms with Gasteiger partial charge in [0.2, 0.25) is 0 Å². The number of anilines is 1. The van der Waals surface area contributed by atoms with E-state index in [1.54, 1.807) is 18.2 Å². The Balaban J connectivity index is 1.23. The Morgan fingerprint density at radius 1 is 1.12 bits per heavy atom. The average molecular weight is 345 g/mol. The summed E-state index contributed by atoms with van der Waals surface area (Å²) < 4.78 is 16.1. The lowest BCUT2D eigenvalue weighted by molar-refractivity contribution is -0.148. The maximum atomic E-state index is 12.0. The van der Waals surface area contributed by atoms with Gasteiger partial charge in [-0.3, -0.25) is 9.59 Å². The van der Waals surface area contributed by atoms with Crippen molar-refractivity contribution in [3.8, 4) is 11.5 Å². The van der Waals surface area contributed by atoms with E-state index in [9.17, 15) is 9.59 Å². The summed E-state index contributed by atoms with van der Waals surface area (Å²) in [6.07, 6.45) is 5.41. The van der Waals surface area contributed by atoms with Gasteiger partial charge in [0.05, 0.1) is 0 Å². The number of ether oxygens (including phenoxy) is 3. The Kier molecular flexibility index (Phi) is 4.51. The Morgan fingerprint density at radius 3 is 2.72 bits per heavy atom. The van der Waals surface area contributed by atoms with Crippen LogP contribution in [-0.4, -0.2) is 31.7 Å². The zero-order chi connectivity index (χ0) is 17.2. The normalized spacial score (nSPS) is 26.3. The molecule has 6 heteroatoms. The summed E-state index contributed by atoms with van der Waals surface area (Å²) in [6, 6.07) is 5.21. The molecule has 134 valence electrons. The van der Waals surface area contributed by atoms with Gasteiger partial charge in [-0.05, 0) is 49.1 Å². The number of carbonyl (C=O) groups is 2. The van der Waals surface area contributed by atoms with Gasteiger partial charge in [-0.15, -0.1) is 0 Å². The van der Waals surface area contributed by atoms with Crippen LogP contribution in [0.15, 0.2) is 18.2 Å². The van der Waals surface area contributed by atoms with Crippen molar-refractivity contribution in [2.45, 2.75) is 32.1 Å². The Morgan fingerprint density at radius 2 is 1.96 bits per heavy atom. The van der Waals surface area contributed by atoms with Gasteiger partial charge in [0.1, 0.15) is 13.2 Å². The van der Waals surface area contributed by atoms with Crippen molar-refractivity contribution in [3.05, 3.63) is 18.2 Å². The van der Waals surface area contributed by atoms with Crippen molar-refractivity contribution >= 4 is 17.6 Å². The Bertz CT molecular complexity index is 674. The number of carbonyl (C=O) groups excluding carboxylic acids is 2. The molecule has 25 heavy (non-hydrogen) atoms. The van der Waals surface area contributed by atoms with Crippen LogP contribution in [0.2, 0.25) is 0 Å². The SMILES string of the molecule is O=C(COC(=O)C[C@H]1C[C@@H]2CC[C@@H]1C2)Nc1ccc2c(c1)OCCO2. The quantitative estimate of drug-likeness (QED) is 0.831. The smallest absolute Gasteiger partial charge is 0.306 e. The third kappa shape index (κ3) is 3.72. The minimum atomic E-state index is -0.349. The first kappa shape index (κ1) is 16.2. The predicted octanol–water partition coefficient (Wildman–Crippen LogP) is 2.77. The topological polar surface area (TPSA) is 73.9 Å². The van der Waals surface area contributed by atoms with E-state index in [4.69, 9.17) is 14.2 Å². The van der Waals surface area contributed by atoms with Crippen LogP contribution in [0.4, 0.5) is 5.69 Å². The fourth-order valence-electron chi connectivity index (χ4n) is 4.36. The van der Waals surface area contributed by atoms with Crippen molar-refractivity contribution in [3.63, 3.8) is 0 Å². The van der Waals surface area contributed by atoms with Crippen molar-refractivity contribution in [1.82, 2.24) is 0 Å². The molecule has 1 aromatic carbocycles. The second-order valence-electron chi connectivity index (χ2n) is 7.21. The van der Waals surface area contributed by atoms with Gasteiger partial charge in [-0.1, -0.05) is 6.42 Å². The predicted molar refractivity (Wildman–Crippen MR) is 90.6 cm³/mol. The summed E-state index contributed by atoms with van der Waals surface area (Å²) in [4.78, 5) is 24.0. The molecule has 0 aromatic heterocycles. The average Bonchev–Trinajstić information content (AvgIpc) is 3.23. The first-order chi connectivity index (χ1) is 12.2. The van der Waals surface area contributed by atoms with E-state index < -0.39 is 0 Å². The molecule has 3 atom stereocenters. The molecule has 1 aliphatic heterocycles. The van der Waals surface area contributed by atoms with Crippen LogP contribution in [0.25, 0.3) is 0 Å². The largest absolute Gasteiger partial charge is 0.486 e. The van der Waals surface area contributed by atoms with Gasteiger partial charge in [0.15, 0.2) is 18.1 Å². The molecule has 3 aliphatic rings. The molecule has 2 fully saturated rings. The van der Waals surface area contributed by atoms with Crippen molar-refractivity contribution in [1.29, 1.82) is 0 Å². The zero-order valence-corrected chi connectivity index (χ0v) is 14.2. The number of nitrogens with one attached hydrogen (secondary N) is 1. The summed E-state index contributed by atoms with van der Waals surface area (Å²) in [7, 11) is 0. The number of fused-ring (bicyclic) bond motifs is 3. The summed E-state index contributed by atoms with van der Waals surface area (Å²) in [5.74, 6) is 2.60. The fraction of sp³-hybridized carbons (Fsp3) is 0.579. The number of benzene rings is 1. The molecule has 1 aromatic rings. The van der Waals surface area contributed by atoms with E-state index in [1.165, 1.54) is 19.3 Å². The minimum Gasteiger partial charge on any atom is -0.486 e. The van der Waals surface area contributed by atoms with Crippen LogP contribution >= 0.6 is 0 Å². The molecule has 1 N–H and O–H groups in total. The monoisotopic (exact) mass is 345 g/mol. The molecule has 0 radical (unpaired) electrons. The van der Waals surface area contributed by atoms with Gasteiger partial charge in [-0.2, -0.15) is 0 Å². The highest BCUT2D eigenvalue weighted by molar-refractivity contribution is 5.93. The van der Waals surface area contributed by atoms with Crippen LogP contribution in [0.3, 0.4) is 0 Å². The zero-order valence-electron chi connectivity index (χ0n) is 14.2. The standard InChI is InChI=1S/C19H23NO5/c21-18(20-15-3-4-16-17(10-15)24-6-5-23-16)11-25-19(22)9-14-8-12-1-2-13(14)7-12/h3-4,10,12-14H,1-2,5-9,11H2,(H,20,21)/t12-,13-,14-/m1/s1. The van der Waals surface area contributed by atoms with Crippen molar-refractivity contribution in [2.24, 2.45) is 17.8 Å². The van der Waals surface area contributed by atoms with Gasteiger partial charge >= 0.3 is 5.97 Å². The first-order valence-electron chi connectivity index (χ1n) is 9.02. The third-order valence-electron chi connectivity index (χ3n) is 5.50. The Labute approximate surface area is 146 Å². The van der Waals surface area contributed by atoms with Crippen LogP contribution < -0.4 is 14.8 Å². The molecular weight excluding hydrogens is 322 g/mol. The highest BCUT2D eigenvalue weighted by Gasteiger charge is 2.40. The number of hydrogen-bond acceptors (Lipinski definition) is 5. The molecule has 4 rings (SSSR count). The maximum absolute atomic E-state index is 12.0. The van der Waals surface area contributed by atoms with Crippen LogP contribution in [0, 0.1) is 17.8 Å². The van der Waals surface area contributed by atoms with Gasteiger partial charge in [0, 0.05) is 18.2 Å². The molecule has 2 aliphatic carbocycles. The molecule has 0 spiro atoms. The van der Waals surface area contributed by atoms with E-state index in [1.807, 2.05) is 0 Å². The number of esters is 1. The molecule has 0 saturated heterocycles. The van der Waals surface area contributed by atoms with E-state index in [0.717, 1.165) is 12.3 Å². The third-order valence-corrected chi connectivity index (χ3v) is 5.50.